The van der Waals surface area contributed by atoms with Crippen LogP contribution in [0.25, 0.3) is 5.69 Å². The molecule has 5 nitrogen and oxygen atoms in total. The van der Waals surface area contributed by atoms with Gasteiger partial charge in [0.1, 0.15) is 0 Å². The number of hydrogen-bond acceptors (Lipinski definition) is 4. The average molecular weight is 293 g/mol. The molecule has 0 saturated carbocycles. The fourth-order valence-electron chi connectivity index (χ4n) is 2.28. The van der Waals surface area contributed by atoms with Crippen LogP contribution >= 0.6 is 0 Å². The maximum atomic E-state index is 4.34. The molecular weight excluding hydrogens is 274 g/mol. The van der Waals surface area contributed by atoms with E-state index in [2.05, 4.69) is 33.3 Å². The van der Waals surface area contributed by atoms with Crippen LogP contribution in [-0.4, -0.2) is 38.5 Å². The van der Waals surface area contributed by atoms with Gasteiger partial charge in [-0.25, -0.2) is 4.68 Å². The second-order valence-corrected chi connectivity index (χ2v) is 5.30. The molecule has 0 unspecified atom stereocenters. The molecule has 0 atom stereocenters. The van der Waals surface area contributed by atoms with E-state index in [-0.39, 0.29) is 0 Å². The van der Waals surface area contributed by atoms with Crippen LogP contribution in [0.2, 0.25) is 0 Å². The summed E-state index contributed by atoms with van der Waals surface area (Å²) in [5.41, 5.74) is 3.10. The number of pyridine rings is 1. The predicted molar refractivity (Wildman–Crippen MR) is 85.6 cm³/mol. The Labute approximate surface area is 130 Å². The van der Waals surface area contributed by atoms with E-state index >= 15 is 0 Å². The minimum Gasteiger partial charge on any atom is -0.300 e. The zero-order valence-electron chi connectivity index (χ0n) is 12.6. The summed E-state index contributed by atoms with van der Waals surface area (Å²) >= 11 is 0. The summed E-state index contributed by atoms with van der Waals surface area (Å²) in [7, 11) is 2.09. The number of nitrogens with zero attached hydrogens (tertiary/aromatic N) is 5. The van der Waals surface area contributed by atoms with Gasteiger partial charge in [0.25, 0.3) is 0 Å². The van der Waals surface area contributed by atoms with E-state index in [1.807, 2.05) is 59.5 Å². The molecule has 0 N–H and O–H groups in total. The molecule has 22 heavy (non-hydrogen) atoms. The van der Waals surface area contributed by atoms with E-state index < -0.39 is 0 Å². The van der Waals surface area contributed by atoms with Gasteiger partial charge in [0.05, 0.1) is 17.6 Å². The van der Waals surface area contributed by atoms with Crippen LogP contribution in [0.15, 0.2) is 60.9 Å². The van der Waals surface area contributed by atoms with E-state index in [1.54, 1.807) is 0 Å². The maximum absolute atomic E-state index is 4.34. The summed E-state index contributed by atoms with van der Waals surface area (Å²) in [5.74, 6) is 0. The zero-order valence-corrected chi connectivity index (χ0v) is 12.6. The largest absolute Gasteiger partial charge is 0.300 e. The van der Waals surface area contributed by atoms with Crippen LogP contribution in [0.5, 0.6) is 0 Å². The first-order valence-electron chi connectivity index (χ1n) is 7.36. The maximum Gasteiger partial charge on any atom is 0.0971 e. The van der Waals surface area contributed by atoms with Gasteiger partial charge in [-0.05, 0) is 31.3 Å². The van der Waals surface area contributed by atoms with Gasteiger partial charge in [-0.1, -0.05) is 29.5 Å². The number of benzene rings is 1. The Morgan fingerprint density at radius 1 is 1.00 bits per heavy atom. The predicted octanol–water partition coefficient (Wildman–Crippen LogP) is 2.34. The lowest BCUT2D eigenvalue weighted by Crippen LogP contribution is -2.21. The van der Waals surface area contributed by atoms with Gasteiger partial charge in [-0.3, -0.25) is 4.98 Å². The van der Waals surface area contributed by atoms with Crippen molar-refractivity contribution in [3.8, 4) is 5.69 Å². The molecular formula is C17H19N5. The van der Waals surface area contributed by atoms with Crippen molar-refractivity contribution < 1.29 is 0 Å². The monoisotopic (exact) mass is 293 g/mol. The van der Waals surface area contributed by atoms with Gasteiger partial charge < -0.3 is 4.90 Å². The standard InChI is InChI=1S/C17H19N5/c1-21(12-10-15-7-5-6-11-18-15)13-16-14-22(20-19-16)17-8-3-2-4-9-17/h2-9,11,14H,10,12-13H2,1H3. The first kappa shape index (κ1) is 14.4. The summed E-state index contributed by atoms with van der Waals surface area (Å²) in [4.78, 5) is 6.57. The SMILES string of the molecule is CN(CCc1ccccn1)Cc1cn(-c2ccccc2)nn1. The van der Waals surface area contributed by atoms with E-state index in [0.29, 0.717) is 0 Å². The fraction of sp³-hybridized carbons (Fsp3) is 0.235. The Kier molecular flexibility index (Phi) is 4.56. The highest BCUT2D eigenvalue weighted by molar-refractivity contribution is 5.29. The number of likely N-dealkylation sites (N-methyl/N-ethyl adjacent to an activating group) is 1. The molecule has 2 aromatic heterocycles. The molecule has 112 valence electrons. The Balaban J connectivity index is 1.56. The highest BCUT2D eigenvalue weighted by atomic mass is 15.4. The Morgan fingerprint density at radius 2 is 1.82 bits per heavy atom. The smallest absolute Gasteiger partial charge is 0.0971 e. The van der Waals surface area contributed by atoms with Crippen molar-refractivity contribution in [2.45, 2.75) is 13.0 Å². The lowest BCUT2D eigenvalue weighted by atomic mass is 10.2. The van der Waals surface area contributed by atoms with Crippen LogP contribution in [0.3, 0.4) is 0 Å². The van der Waals surface area contributed by atoms with Gasteiger partial charge >= 0.3 is 0 Å². The van der Waals surface area contributed by atoms with Crippen molar-refractivity contribution in [1.29, 1.82) is 0 Å². The molecule has 5 heteroatoms. The average Bonchev–Trinajstić information content (AvgIpc) is 3.03. The Bertz CT molecular complexity index is 693. The lowest BCUT2D eigenvalue weighted by Gasteiger charge is -2.14. The first-order valence-corrected chi connectivity index (χ1v) is 7.36. The molecule has 0 saturated heterocycles. The Hall–Kier alpha value is -2.53. The minimum atomic E-state index is 0.777. The highest BCUT2D eigenvalue weighted by Gasteiger charge is 2.06. The van der Waals surface area contributed by atoms with Crippen molar-refractivity contribution >= 4 is 0 Å². The molecule has 0 aliphatic heterocycles. The van der Waals surface area contributed by atoms with Gasteiger partial charge in [0, 0.05) is 31.4 Å². The number of aromatic nitrogens is 4. The summed E-state index contributed by atoms with van der Waals surface area (Å²) in [6.45, 7) is 1.72. The van der Waals surface area contributed by atoms with E-state index in [4.69, 9.17) is 0 Å². The number of hydrogen-bond donors (Lipinski definition) is 0. The van der Waals surface area contributed by atoms with Crippen molar-refractivity contribution in [1.82, 2.24) is 24.9 Å². The lowest BCUT2D eigenvalue weighted by molar-refractivity contribution is 0.326. The van der Waals surface area contributed by atoms with E-state index in [1.165, 1.54) is 0 Å². The van der Waals surface area contributed by atoms with Crippen LogP contribution in [0, 0.1) is 0 Å². The van der Waals surface area contributed by atoms with Crippen molar-refractivity contribution in [2.75, 3.05) is 13.6 Å². The van der Waals surface area contributed by atoms with Crippen LogP contribution in [0.4, 0.5) is 0 Å². The molecule has 0 amide bonds. The quantitative estimate of drug-likeness (QED) is 0.700. The molecule has 0 aliphatic carbocycles. The van der Waals surface area contributed by atoms with Crippen LogP contribution < -0.4 is 0 Å². The second kappa shape index (κ2) is 6.95. The van der Waals surface area contributed by atoms with E-state index in [0.717, 1.165) is 36.6 Å². The number of para-hydroxylation sites is 1. The zero-order chi connectivity index (χ0) is 15.2. The first-order chi connectivity index (χ1) is 10.8. The molecule has 2 heterocycles. The van der Waals surface area contributed by atoms with Crippen molar-refractivity contribution in [3.05, 3.63) is 72.3 Å². The summed E-state index contributed by atoms with van der Waals surface area (Å²) in [6.07, 6.45) is 4.75. The third kappa shape index (κ3) is 3.77. The summed E-state index contributed by atoms with van der Waals surface area (Å²) < 4.78 is 1.81. The molecule has 0 bridgehead atoms. The third-order valence-corrected chi connectivity index (χ3v) is 3.47. The molecule has 1 aromatic carbocycles. The van der Waals surface area contributed by atoms with E-state index in [9.17, 15) is 0 Å². The van der Waals surface area contributed by atoms with Gasteiger partial charge in [-0.15, -0.1) is 5.10 Å². The molecule has 0 aliphatic rings. The number of rotatable bonds is 6. The Morgan fingerprint density at radius 3 is 2.59 bits per heavy atom. The van der Waals surface area contributed by atoms with Crippen LogP contribution in [-0.2, 0) is 13.0 Å². The minimum absolute atomic E-state index is 0.777. The van der Waals surface area contributed by atoms with Crippen molar-refractivity contribution in [2.24, 2.45) is 0 Å². The molecule has 0 radical (unpaired) electrons. The van der Waals surface area contributed by atoms with Gasteiger partial charge in [0.15, 0.2) is 0 Å². The third-order valence-electron chi connectivity index (χ3n) is 3.47. The molecule has 3 aromatic rings. The van der Waals surface area contributed by atoms with Gasteiger partial charge in [-0.2, -0.15) is 0 Å². The second-order valence-electron chi connectivity index (χ2n) is 5.30. The van der Waals surface area contributed by atoms with Crippen LogP contribution in [0.1, 0.15) is 11.4 Å². The fourth-order valence-corrected chi connectivity index (χ4v) is 2.28. The molecule has 3 rings (SSSR count). The topological polar surface area (TPSA) is 46.8 Å². The van der Waals surface area contributed by atoms with Gasteiger partial charge in [0.2, 0.25) is 0 Å². The molecule has 0 fully saturated rings. The normalized spacial score (nSPS) is 11.0. The summed E-state index contributed by atoms with van der Waals surface area (Å²) in [5, 5.41) is 8.43. The summed E-state index contributed by atoms with van der Waals surface area (Å²) in [6, 6.07) is 16.0. The van der Waals surface area contributed by atoms with Crippen molar-refractivity contribution in [3.63, 3.8) is 0 Å². The highest BCUT2D eigenvalue weighted by Crippen LogP contribution is 2.07. The molecule has 0 spiro atoms.